The average molecular weight is 449 g/mol. The zero-order chi connectivity index (χ0) is 23.8. The summed E-state index contributed by atoms with van der Waals surface area (Å²) in [6.07, 6.45) is 1.86. The Morgan fingerprint density at radius 1 is 0.970 bits per heavy atom. The smallest absolute Gasteiger partial charge is 0.271 e. The third-order valence-electron chi connectivity index (χ3n) is 5.66. The van der Waals surface area contributed by atoms with Gasteiger partial charge in [0.05, 0.1) is 29.4 Å². The summed E-state index contributed by atoms with van der Waals surface area (Å²) >= 11 is 0. The van der Waals surface area contributed by atoms with Gasteiger partial charge in [0.15, 0.2) is 0 Å². The van der Waals surface area contributed by atoms with Gasteiger partial charge in [0.1, 0.15) is 5.69 Å². The lowest BCUT2D eigenvalue weighted by Gasteiger charge is -2.28. The number of amides is 2. The molecule has 3 N–H and O–H groups in total. The van der Waals surface area contributed by atoms with Crippen molar-refractivity contribution in [3.63, 3.8) is 0 Å². The molecule has 0 unspecified atom stereocenters. The molecule has 1 aromatic heterocycles. The molecule has 0 radical (unpaired) electrons. The highest BCUT2D eigenvalue weighted by Gasteiger charge is 2.29. The highest BCUT2D eigenvalue weighted by molar-refractivity contribution is 5.94. The second-order valence-electron chi connectivity index (χ2n) is 8.76. The summed E-state index contributed by atoms with van der Waals surface area (Å²) in [7, 11) is 1.60. The van der Waals surface area contributed by atoms with Crippen molar-refractivity contribution in [2.24, 2.45) is 11.8 Å². The molecular formula is C26H32N4O3. The number of aromatic nitrogens is 2. The van der Waals surface area contributed by atoms with Crippen molar-refractivity contribution in [1.29, 1.82) is 0 Å². The quantitative estimate of drug-likeness (QED) is 0.442. The number of para-hydroxylation sites is 2. The summed E-state index contributed by atoms with van der Waals surface area (Å²) in [4.78, 5) is 34.2. The molecule has 2 aromatic carbocycles. The topological polar surface area (TPSA) is 104 Å². The number of benzene rings is 2. The Balaban J connectivity index is 1.81. The Bertz CT molecular complexity index is 1070. The molecule has 174 valence electrons. The van der Waals surface area contributed by atoms with Gasteiger partial charge in [0, 0.05) is 13.0 Å². The summed E-state index contributed by atoms with van der Waals surface area (Å²) in [5.41, 5.74) is 2.50. The van der Waals surface area contributed by atoms with Crippen LogP contribution in [0, 0.1) is 11.8 Å². The van der Waals surface area contributed by atoms with Gasteiger partial charge in [-0.2, -0.15) is 0 Å². The average Bonchev–Trinajstić information content (AvgIpc) is 2.82. The van der Waals surface area contributed by atoms with Gasteiger partial charge in [-0.25, -0.2) is 4.98 Å². The lowest BCUT2D eigenvalue weighted by atomic mass is 9.87. The number of hydrogen-bond acceptors (Lipinski definition) is 5. The van der Waals surface area contributed by atoms with Crippen LogP contribution in [0.2, 0.25) is 0 Å². The van der Waals surface area contributed by atoms with E-state index in [-0.39, 0.29) is 23.9 Å². The van der Waals surface area contributed by atoms with Crippen LogP contribution in [0.4, 0.5) is 0 Å². The lowest BCUT2D eigenvalue weighted by molar-refractivity contribution is -0.126. The van der Waals surface area contributed by atoms with E-state index in [4.69, 9.17) is 0 Å². The van der Waals surface area contributed by atoms with Crippen molar-refractivity contribution in [1.82, 2.24) is 20.6 Å². The Kier molecular flexibility index (Phi) is 8.49. The minimum absolute atomic E-state index is 0.104. The summed E-state index contributed by atoms with van der Waals surface area (Å²) in [5, 5.41) is 16.8. The standard InChI is InChI=1S/C26H32N4O3/c1-17(2)13-19(25(32)27-3)15-24(31)22(14-18-9-5-4-6-10-18)30-26(33)23-16-28-20-11-7-8-12-21(20)29-23/h4-12,16-17,19,22,24,31H,13-15H2,1-3H3,(H,27,32)(H,30,33)/t19-,22+,24+/m1/s1. The number of nitrogens with one attached hydrogen (secondary N) is 2. The molecule has 3 rings (SSSR count). The van der Waals surface area contributed by atoms with Crippen LogP contribution < -0.4 is 10.6 Å². The van der Waals surface area contributed by atoms with Gasteiger partial charge in [-0.1, -0.05) is 56.3 Å². The molecule has 0 aliphatic heterocycles. The van der Waals surface area contributed by atoms with Crippen LogP contribution in [0.25, 0.3) is 11.0 Å². The van der Waals surface area contributed by atoms with E-state index in [0.717, 1.165) is 5.56 Å². The lowest BCUT2D eigenvalue weighted by Crippen LogP contribution is -2.47. The predicted octanol–water partition coefficient (Wildman–Crippen LogP) is 3.13. The van der Waals surface area contributed by atoms with Gasteiger partial charge in [-0.05, 0) is 42.9 Å². The van der Waals surface area contributed by atoms with E-state index < -0.39 is 18.1 Å². The zero-order valence-electron chi connectivity index (χ0n) is 19.4. The van der Waals surface area contributed by atoms with Crippen molar-refractivity contribution >= 4 is 22.8 Å². The monoisotopic (exact) mass is 448 g/mol. The number of carbonyl (C=O) groups is 2. The van der Waals surface area contributed by atoms with Gasteiger partial charge in [-0.15, -0.1) is 0 Å². The Hall–Kier alpha value is -3.32. The molecule has 7 heteroatoms. The van der Waals surface area contributed by atoms with Crippen molar-refractivity contribution < 1.29 is 14.7 Å². The SMILES string of the molecule is CNC(=O)[C@H](CC(C)C)C[C@H](O)[C@H](Cc1ccccc1)NC(=O)c1cnc2ccccc2n1. The number of fused-ring (bicyclic) bond motifs is 1. The number of hydrogen-bond donors (Lipinski definition) is 3. The molecule has 0 saturated heterocycles. The van der Waals surface area contributed by atoms with E-state index in [9.17, 15) is 14.7 Å². The van der Waals surface area contributed by atoms with Gasteiger partial charge >= 0.3 is 0 Å². The van der Waals surface area contributed by atoms with Crippen LogP contribution in [-0.4, -0.2) is 46.1 Å². The normalized spacial score (nSPS) is 14.0. The molecule has 0 fully saturated rings. The fourth-order valence-corrected chi connectivity index (χ4v) is 4.00. The maximum Gasteiger partial charge on any atom is 0.271 e. The highest BCUT2D eigenvalue weighted by Crippen LogP contribution is 2.21. The van der Waals surface area contributed by atoms with Crippen LogP contribution in [0.15, 0.2) is 60.8 Å². The van der Waals surface area contributed by atoms with Crippen LogP contribution in [0.5, 0.6) is 0 Å². The van der Waals surface area contributed by atoms with Crippen molar-refractivity contribution in [2.45, 2.75) is 45.3 Å². The number of aliphatic hydroxyl groups is 1. The van der Waals surface area contributed by atoms with Gasteiger partial charge in [-0.3, -0.25) is 14.6 Å². The van der Waals surface area contributed by atoms with E-state index >= 15 is 0 Å². The first-order chi connectivity index (χ1) is 15.9. The van der Waals surface area contributed by atoms with Crippen molar-refractivity contribution in [3.8, 4) is 0 Å². The Labute approximate surface area is 194 Å². The first kappa shape index (κ1) is 24.3. The fraction of sp³-hybridized carbons (Fsp3) is 0.385. The third kappa shape index (κ3) is 6.83. The van der Waals surface area contributed by atoms with Gasteiger partial charge < -0.3 is 15.7 Å². The van der Waals surface area contributed by atoms with E-state index in [1.807, 2.05) is 62.4 Å². The summed E-state index contributed by atoms with van der Waals surface area (Å²) < 4.78 is 0. The maximum absolute atomic E-state index is 13.0. The van der Waals surface area contributed by atoms with Crippen molar-refractivity contribution in [2.75, 3.05) is 7.05 Å². The molecule has 1 heterocycles. The number of nitrogens with zero attached hydrogens (tertiary/aromatic N) is 2. The zero-order valence-corrected chi connectivity index (χ0v) is 19.4. The van der Waals surface area contributed by atoms with Crippen LogP contribution in [0.1, 0.15) is 42.7 Å². The number of aliphatic hydroxyl groups excluding tert-OH is 1. The molecule has 0 aliphatic carbocycles. The largest absolute Gasteiger partial charge is 0.391 e. The summed E-state index contributed by atoms with van der Waals surface area (Å²) in [6, 6.07) is 16.4. The van der Waals surface area contributed by atoms with Crippen LogP contribution in [0.3, 0.4) is 0 Å². The minimum atomic E-state index is -0.913. The summed E-state index contributed by atoms with van der Waals surface area (Å²) in [6.45, 7) is 4.09. The second-order valence-corrected chi connectivity index (χ2v) is 8.76. The molecule has 7 nitrogen and oxygen atoms in total. The van der Waals surface area contributed by atoms with Crippen molar-refractivity contribution in [3.05, 3.63) is 72.1 Å². The molecule has 0 bridgehead atoms. The maximum atomic E-state index is 13.0. The van der Waals surface area contributed by atoms with Crippen LogP contribution in [-0.2, 0) is 11.2 Å². The molecule has 33 heavy (non-hydrogen) atoms. The summed E-state index contributed by atoms with van der Waals surface area (Å²) in [5.74, 6) is -0.559. The minimum Gasteiger partial charge on any atom is -0.391 e. The molecule has 2 amide bonds. The van der Waals surface area contributed by atoms with E-state index in [1.54, 1.807) is 13.1 Å². The highest BCUT2D eigenvalue weighted by atomic mass is 16.3. The van der Waals surface area contributed by atoms with E-state index in [1.165, 1.54) is 6.20 Å². The fourth-order valence-electron chi connectivity index (χ4n) is 4.00. The van der Waals surface area contributed by atoms with Crippen LogP contribution >= 0.6 is 0 Å². The molecule has 0 spiro atoms. The third-order valence-corrected chi connectivity index (χ3v) is 5.66. The van der Waals surface area contributed by atoms with Gasteiger partial charge in [0.2, 0.25) is 5.91 Å². The number of rotatable bonds is 10. The molecule has 0 saturated carbocycles. The first-order valence-electron chi connectivity index (χ1n) is 11.3. The van der Waals surface area contributed by atoms with Gasteiger partial charge in [0.25, 0.3) is 5.91 Å². The van der Waals surface area contributed by atoms with E-state index in [2.05, 4.69) is 20.6 Å². The molecule has 0 aliphatic rings. The number of carbonyl (C=O) groups excluding carboxylic acids is 2. The predicted molar refractivity (Wildman–Crippen MR) is 129 cm³/mol. The molecule has 3 aromatic rings. The Morgan fingerprint density at radius 2 is 1.64 bits per heavy atom. The first-order valence-corrected chi connectivity index (χ1v) is 11.3. The molecular weight excluding hydrogens is 416 g/mol. The Morgan fingerprint density at radius 3 is 2.30 bits per heavy atom. The second kappa shape index (κ2) is 11.5. The van der Waals surface area contributed by atoms with E-state index in [0.29, 0.717) is 29.8 Å². The molecule has 3 atom stereocenters.